The molecule has 0 atom stereocenters. The maximum atomic E-state index is 12.4. The van der Waals surface area contributed by atoms with Crippen molar-refractivity contribution in [2.75, 3.05) is 44.7 Å². The molecule has 0 radical (unpaired) electrons. The van der Waals surface area contributed by atoms with Crippen molar-refractivity contribution in [3.05, 3.63) is 39.8 Å². The summed E-state index contributed by atoms with van der Waals surface area (Å²) in [6.07, 6.45) is 1.63. The number of amides is 2. The number of rotatable bonds is 8. The molecule has 0 spiro atoms. The van der Waals surface area contributed by atoms with Crippen LogP contribution in [-0.2, 0) is 11.2 Å². The van der Waals surface area contributed by atoms with Crippen molar-refractivity contribution in [3.8, 4) is 0 Å². The van der Waals surface area contributed by atoms with Gasteiger partial charge in [-0.25, -0.2) is 0 Å². The van der Waals surface area contributed by atoms with Crippen molar-refractivity contribution in [2.24, 2.45) is 0 Å². The third-order valence-electron chi connectivity index (χ3n) is 4.39. The molecule has 0 bridgehead atoms. The third-order valence-corrected chi connectivity index (χ3v) is 5.45. The Morgan fingerprint density at radius 2 is 2.04 bits per heavy atom. The second-order valence-corrected chi connectivity index (χ2v) is 7.51. The average molecular weight is 404 g/mol. The van der Waals surface area contributed by atoms with Crippen LogP contribution in [0.5, 0.6) is 0 Å². The van der Waals surface area contributed by atoms with Gasteiger partial charge in [-0.3, -0.25) is 14.5 Å². The van der Waals surface area contributed by atoms with Crippen LogP contribution in [0.4, 0.5) is 5.69 Å². The van der Waals surface area contributed by atoms with Gasteiger partial charge in [-0.2, -0.15) is 0 Å². The fourth-order valence-electron chi connectivity index (χ4n) is 2.84. The maximum absolute atomic E-state index is 12.4. The molecule has 3 rings (SSSR count). The zero-order valence-electron chi connectivity index (χ0n) is 15.9. The number of morpholine rings is 1. The minimum Gasteiger partial charge on any atom is -0.379 e. The van der Waals surface area contributed by atoms with E-state index in [-0.39, 0.29) is 11.8 Å². The number of hydrogen-bond acceptors (Lipinski definition) is 7. The van der Waals surface area contributed by atoms with Crippen LogP contribution >= 0.6 is 11.3 Å². The van der Waals surface area contributed by atoms with E-state index in [0.29, 0.717) is 22.8 Å². The SMILES string of the molecule is CCc1nnc(C(=O)Nc2cccc(C(=O)NCCCN3CCOCC3)c2)s1. The van der Waals surface area contributed by atoms with E-state index in [1.807, 2.05) is 6.92 Å². The van der Waals surface area contributed by atoms with Crippen LogP contribution in [0.2, 0.25) is 0 Å². The number of anilines is 1. The smallest absolute Gasteiger partial charge is 0.286 e. The summed E-state index contributed by atoms with van der Waals surface area (Å²) in [5.41, 5.74) is 1.06. The number of nitrogens with one attached hydrogen (secondary N) is 2. The molecular weight excluding hydrogens is 378 g/mol. The molecule has 28 heavy (non-hydrogen) atoms. The molecule has 150 valence electrons. The van der Waals surface area contributed by atoms with Crippen molar-refractivity contribution in [2.45, 2.75) is 19.8 Å². The van der Waals surface area contributed by atoms with Gasteiger partial charge in [0.25, 0.3) is 11.8 Å². The van der Waals surface area contributed by atoms with Gasteiger partial charge in [0.2, 0.25) is 5.01 Å². The van der Waals surface area contributed by atoms with Crippen LogP contribution in [0, 0.1) is 0 Å². The molecule has 9 heteroatoms. The Hall–Kier alpha value is -2.36. The van der Waals surface area contributed by atoms with Crippen molar-refractivity contribution < 1.29 is 14.3 Å². The van der Waals surface area contributed by atoms with E-state index >= 15 is 0 Å². The summed E-state index contributed by atoms with van der Waals surface area (Å²) in [6, 6.07) is 6.88. The Morgan fingerprint density at radius 3 is 2.79 bits per heavy atom. The molecule has 1 aliphatic rings. The highest BCUT2D eigenvalue weighted by atomic mass is 32.1. The van der Waals surface area contributed by atoms with E-state index in [9.17, 15) is 9.59 Å². The van der Waals surface area contributed by atoms with Gasteiger partial charge in [0.15, 0.2) is 0 Å². The van der Waals surface area contributed by atoms with Gasteiger partial charge in [0, 0.05) is 30.9 Å². The fraction of sp³-hybridized carbons (Fsp3) is 0.474. The molecule has 1 aromatic heterocycles. The van der Waals surface area contributed by atoms with E-state index in [4.69, 9.17) is 4.74 Å². The van der Waals surface area contributed by atoms with Gasteiger partial charge in [0.1, 0.15) is 5.01 Å². The van der Waals surface area contributed by atoms with Crippen LogP contribution in [0.3, 0.4) is 0 Å². The lowest BCUT2D eigenvalue weighted by Gasteiger charge is -2.26. The van der Waals surface area contributed by atoms with E-state index in [0.717, 1.165) is 50.7 Å². The standard InChI is InChI=1S/C19H25N5O3S/c1-2-16-22-23-19(28-16)18(26)21-15-6-3-5-14(13-15)17(25)20-7-4-8-24-9-11-27-12-10-24/h3,5-6,13H,2,4,7-12H2,1H3,(H,20,25)(H,21,26). The first-order valence-electron chi connectivity index (χ1n) is 9.48. The largest absolute Gasteiger partial charge is 0.379 e. The topological polar surface area (TPSA) is 96.5 Å². The summed E-state index contributed by atoms with van der Waals surface area (Å²) >= 11 is 1.27. The molecular formula is C19H25N5O3S. The van der Waals surface area contributed by atoms with Gasteiger partial charge in [-0.1, -0.05) is 24.3 Å². The fourth-order valence-corrected chi connectivity index (χ4v) is 3.52. The lowest BCUT2D eigenvalue weighted by Crippen LogP contribution is -2.38. The van der Waals surface area contributed by atoms with E-state index < -0.39 is 0 Å². The van der Waals surface area contributed by atoms with Crippen molar-refractivity contribution in [1.29, 1.82) is 0 Å². The predicted molar refractivity (Wildman–Crippen MR) is 108 cm³/mol. The minimum absolute atomic E-state index is 0.151. The molecule has 1 saturated heterocycles. The monoisotopic (exact) mass is 403 g/mol. The molecule has 0 unspecified atom stereocenters. The normalized spacial score (nSPS) is 14.6. The molecule has 2 amide bonds. The Morgan fingerprint density at radius 1 is 1.21 bits per heavy atom. The van der Waals surface area contributed by atoms with E-state index in [1.165, 1.54) is 11.3 Å². The molecule has 0 aliphatic carbocycles. The quantitative estimate of drug-likeness (QED) is 0.653. The maximum Gasteiger partial charge on any atom is 0.286 e. The Labute approximate surface area is 168 Å². The van der Waals surface area contributed by atoms with Crippen LogP contribution < -0.4 is 10.6 Å². The summed E-state index contributed by atoms with van der Waals surface area (Å²) in [7, 11) is 0. The summed E-state index contributed by atoms with van der Waals surface area (Å²) < 4.78 is 5.33. The highest BCUT2D eigenvalue weighted by Crippen LogP contribution is 2.15. The summed E-state index contributed by atoms with van der Waals surface area (Å²) in [5.74, 6) is -0.470. The predicted octanol–water partition coefficient (Wildman–Crippen LogP) is 1.80. The highest BCUT2D eigenvalue weighted by Gasteiger charge is 2.14. The van der Waals surface area contributed by atoms with Crippen molar-refractivity contribution >= 4 is 28.8 Å². The van der Waals surface area contributed by atoms with Gasteiger partial charge >= 0.3 is 0 Å². The number of nitrogens with zero attached hydrogens (tertiary/aromatic N) is 3. The number of aromatic nitrogens is 2. The number of aryl methyl sites for hydroxylation is 1. The summed E-state index contributed by atoms with van der Waals surface area (Å²) in [4.78, 5) is 27.0. The second kappa shape index (κ2) is 10.3. The van der Waals surface area contributed by atoms with Crippen LogP contribution in [-0.4, -0.2) is 66.3 Å². The second-order valence-electron chi connectivity index (χ2n) is 6.45. The molecule has 1 aliphatic heterocycles. The lowest BCUT2D eigenvalue weighted by atomic mass is 10.2. The number of carbonyl (C=O) groups excluding carboxylic acids is 2. The van der Waals surface area contributed by atoms with E-state index in [2.05, 4.69) is 25.7 Å². The lowest BCUT2D eigenvalue weighted by molar-refractivity contribution is 0.0374. The van der Waals surface area contributed by atoms with Gasteiger partial charge in [0.05, 0.1) is 13.2 Å². The minimum atomic E-state index is -0.319. The van der Waals surface area contributed by atoms with E-state index in [1.54, 1.807) is 24.3 Å². The van der Waals surface area contributed by atoms with Crippen molar-refractivity contribution in [1.82, 2.24) is 20.4 Å². The zero-order chi connectivity index (χ0) is 19.8. The highest BCUT2D eigenvalue weighted by molar-refractivity contribution is 7.13. The summed E-state index contributed by atoms with van der Waals surface area (Å²) in [5, 5.41) is 14.7. The number of carbonyl (C=O) groups is 2. The molecule has 8 nitrogen and oxygen atoms in total. The first-order chi connectivity index (χ1) is 13.7. The zero-order valence-corrected chi connectivity index (χ0v) is 16.8. The van der Waals surface area contributed by atoms with Crippen LogP contribution in [0.25, 0.3) is 0 Å². The van der Waals surface area contributed by atoms with Gasteiger partial charge < -0.3 is 15.4 Å². The molecule has 2 heterocycles. The Kier molecular flexibility index (Phi) is 7.46. The van der Waals surface area contributed by atoms with Crippen LogP contribution in [0.15, 0.2) is 24.3 Å². The van der Waals surface area contributed by atoms with Crippen molar-refractivity contribution in [3.63, 3.8) is 0 Å². The Bertz CT molecular complexity index is 804. The molecule has 1 fully saturated rings. The molecule has 2 aromatic rings. The third kappa shape index (κ3) is 5.82. The number of hydrogen-bond donors (Lipinski definition) is 2. The summed E-state index contributed by atoms with van der Waals surface area (Å²) in [6.45, 7) is 6.97. The number of benzene rings is 1. The molecule has 1 aromatic carbocycles. The van der Waals surface area contributed by atoms with Crippen LogP contribution in [0.1, 0.15) is 38.5 Å². The first-order valence-corrected chi connectivity index (χ1v) is 10.3. The first kappa shape index (κ1) is 20.4. The van der Waals surface area contributed by atoms with Gasteiger partial charge in [-0.05, 0) is 37.6 Å². The van der Waals surface area contributed by atoms with Gasteiger partial charge in [-0.15, -0.1) is 10.2 Å². The molecule has 0 saturated carbocycles. The number of ether oxygens (including phenoxy) is 1. The average Bonchev–Trinajstić information content (AvgIpc) is 3.21. The molecule has 2 N–H and O–H groups in total. The Balaban J connectivity index is 1.47.